The number of nitrogens with one attached hydrogen (secondary N) is 1. The summed E-state index contributed by atoms with van der Waals surface area (Å²) >= 11 is 0. The van der Waals surface area contributed by atoms with E-state index in [1.165, 1.54) is 32.1 Å². The minimum atomic E-state index is -0.754. The van der Waals surface area contributed by atoms with Gasteiger partial charge in [0, 0.05) is 12.5 Å². The van der Waals surface area contributed by atoms with Gasteiger partial charge in [-0.2, -0.15) is 0 Å². The molecule has 126 valence electrons. The van der Waals surface area contributed by atoms with Crippen molar-refractivity contribution in [3.05, 3.63) is 0 Å². The number of carbonyl (C=O) groups is 1. The molecule has 0 heterocycles. The lowest BCUT2D eigenvalue weighted by Gasteiger charge is -2.54. The lowest BCUT2D eigenvalue weighted by Crippen LogP contribution is -2.55. The first-order valence-corrected chi connectivity index (χ1v) is 9.54. The van der Waals surface area contributed by atoms with Crippen LogP contribution in [0.5, 0.6) is 0 Å². The maximum Gasteiger partial charge on any atom is 0.161 e. The first-order chi connectivity index (χ1) is 10.6. The molecular weight excluding hydrogens is 274 g/mol. The molecule has 2 unspecified atom stereocenters. The van der Waals surface area contributed by atoms with Gasteiger partial charge < -0.3 is 10.4 Å². The molecule has 0 aromatic heterocycles. The molecule has 2 atom stereocenters. The van der Waals surface area contributed by atoms with Crippen LogP contribution in [-0.4, -0.2) is 29.6 Å². The van der Waals surface area contributed by atoms with Gasteiger partial charge in [0.05, 0.1) is 0 Å². The largest absolute Gasteiger partial charge is 0.385 e. The molecule has 2 N–H and O–H groups in total. The van der Waals surface area contributed by atoms with E-state index in [9.17, 15) is 9.90 Å². The second-order valence-electron chi connectivity index (χ2n) is 8.23. The number of carbonyl (C=O) groups excluding carboxylic acids is 1. The fourth-order valence-corrected chi connectivity index (χ4v) is 5.57. The number of aliphatic hydroxyl groups is 1. The number of ketones is 1. The van der Waals surface area contributed by atoms with Gasteiger partial charge in [-0.15, -0.1) is 0 Å². The van der Waals surface area contributed by atoms with E-state index in [1.54, 1.807) is 0 Å². The molecule has 4 aliphatic carbocycles. The van der Waals surface area contributed by atoms with Crippen molar-refractivity contribution in [1.82, 2.24) is 5.32 Å². The molecule has 0 radical (unpaired) electrons. The molecule has 0 aromatic carbocycles. The summed E-state index contributed by atoms with van der Waals surface area (Å²) in [6, 6.07) is 0.702. The number of hydrogen-bond donors (Lipinski definition) is 2. The fraction of sp³-hybridized carbons (Fsp3) is 0.947. The van der Waals surface area contributed by atoms with Gasteiger partial charge in [0.25, 0.3) is 0 Å². The van der Waals surface area contributed by atoms with E-state index in [2.05, 4.69) is 12.2 Å². The molecule has 0 aliphatic heterocycles. The third kappa shape index (κ3) is 3.41. The Morgan fingerprint density at radius 1 is 1.05 bits per heavy atom. The Kier molecular flexibility index (Phi) is 5.24. The van der Waals surface area contributed by atoms with Crippen LogP contribution in [0.1, 0.15) is 65.2 Å². The van der Waals surface area contributed by atoms with Crippen LogP contribution in [0.2, 0.25) is 0 Å². The van der Waals surface area contributed by atoms with Crippen molar-refractivity contribution in [3.8, 4) is 0 Å². The van der Waals surface area contributed by atoms with E-state index in [4.69, 9.17) is 0 Å². The average Bonchev–Trinajstić information content (AvgIpc) is 2.51. The van der Waals surface area contributed by atoms with Crippen molar-refractivity contribution in [2.24, 2.45) is 29.6 Å². The van der Waals surface area contributed by atoms with Gasteiger partial charge in [-0.3, -0.25) is 4.79 Å². The molecule has 4 saturated carbocycles. The van der Waals surface area contributed by atoms with E-state index in [0.29, 0.717) is 24.8 Å². The Hall–Kier alpha value is -0.410. The highest BCUT2D eigenvalue weighted by atomic mass is 16.3. The third-order valence-electron chi connectivity index (χ3n) is 6.69. The molecule has 3 heteroatoms. The SMILES string of the molecule is CCC(CNC1C2CC3CC(C2)CC1C3)CC(=O)C(O)CC. The molecule has 3 nitrogen and oxygen atoms in total. The van der Waals surface area contributed by atoms with Crippen molar-refractivity contribution >= 4 is 5.78 Å². The summed E-state index contributed by atoms with van der Waals surface area (Å²) < 4.78 is 0. The highest BCUT2D eigenvalue weighted by Gasteiger charge is 2.47. The van der Waals surface area contributed by atoms with E-state index in [1.807, 2.05) is 6.92 Å². The topological polar surface area (TPSA) is 49.3 Å². The number of hydrogen-bond acceptors (Lipinski definition) is 3. The van der Waals surface area contributed by atoms with Crippen molar-refractivity contribution < 1.29 is 9.90 Å². The maximum atomic E-state index is 12.0. The molecule has 22 heavy (non-hydrogen) atoms. The molecule has 0 aromatic rings. The molecule has 4 fully saturated rings. The summed E-state index contributed by atoms with van der Waals surface area (Å²) in [5.74, 6) is 4.23. The minimum Gasteiger partial charge on any atom is -0.385 e. The van der Waals surface area contributed by atoms with Crippen molar-refractivity contribution in [2.75, 3.05) is 6.54 Å². The summed E-state index contributed by atoms with van der Waals surface area (Å²) in [5, 5.41) is 13.5. The van der Waals surface area contributed by atoms with Crippen molar-refractivity contribution in [2.45, 2.75) is 77.4 Å². The lowest BCUT2D eigenvalue weighted by atomic mass is 9.54. The van der Waals surface area contributed by atoms with Crippen LogP contribution in [0, 0.1) is 29.6 Å². The van der Waals surface area contributed by atoms with Crippen LogP contribution in [-0.2, 0) is 4.79 Å². The van der Waals surface area contributed by atoms with Gasteiger partial charge in [-0.1, -0.05) is 20.3 Å². The van der Waals surface area contributed by atoms with Gasteiger partial charge in [-0.05, 0) is 74.7 Å². The fourth-order valence-electron chi connectivity index (χ4n) is 5.57. The molecule has 4 rings (SSSR count). The quantitative estimate of drug-likeness (QED) is 0.724. The van der Waals surface area contributed by atoms with E-state index >= 15 is 0 Å². The number of aliphatic hydroxyl groups excluding tert-OH is 1. The highest BCUT2D eigenvalue weighted by Crippen LogP contribution is 2.53. The van der Waals surface area contributed by atoms with E-state index in [0.717, 1.165) is 36.6 Å². The van der Waals surface area contributed by atoms with Gasteiger partial charge in [0.1, 0.15) is 6.10 Å². The smallest absolute Gasteiger partial charge is 0.161 e. The zero-order valence-electron chi connectivity index (χ0n) is 14.3. The average molecular weight is 307 g/mol. The van der Waals surface area contributed by atoms with E-state index < -0.39 is 6.10 Å². The first kappa shape index (κ1) is 16.4. The standard InChI is InChI=1S/C19H33NO2/c1-3-12(10-18(22)17(21)4-2)11-20-19-15-6-13-5-14(8-15)9-16(19)7-13/h12-17,19-21H,3-11H2,1-2H3. The zero-order valence-corrected chi connectivity index (χ0v) is 14.3. The van der Waals surface area contributed by atoms with Crippen LogP contribution < -0.4 is 5.32 Å². The van der Waals surface area contributed by atoms with E-state index in [-0.39, 0.29) is 5.78 Å². The van der Waals surface area contributed by atoms with Gasteiger partial charge in [0.2, 0.25) is 0 Å². The lowest BCUT2D eigenvalue weighted by molar-refractivity contribution is -0.128. The Morgan fingerprint density at radius 3 is 2.14 bits per heavy atom. The van der Waals surface area contributed by atoms with Gasteiger partial charge >= 0.3 is 0 Å². The second kappa shape index (κ2) is 7.00. The van der Waals surface area contributed by atoms with Crippen LogP contribution in [0.15, 0.2) is 0 Å². The van der Waals surface area contributed by atoms with Crippen LogP contribution in [0.3, 0.4) is 0 Å². The molecule has 0 spiro atoms. The Labute approximate surface area is 135 Å². The minimum absolute atomic E-state index is 0.0289. The Bertz CT molecular complexity index is 367. The molecule has 4 aliphatic rings. The number of Topliss-reactive ketones (excluding diaryl/α,β-unsaturated/α-hetero) is 1. The second-order valence-corrected chi connectivity index (χ2v) is 8.23. The van der Waals surface area contributed by atoms with Crippen molar-refractivity contribution in [1.29, 1.82) is 0 Å². The normalized spacial score (nSPS) is 39.0. The maximum absolute atomic E-state index is 12.0. The van der Waals surface area contributed by atoms with Gasteiger partial charge in [0.15, 0.2) is 5.78 Å². The Balaban J connectivity index is 1.49. The third-order valence-corrected chi connectivity index (χ3v) is 6.69. The summed E-state index contributed by atoms with van der Waals surface area (Å²) in [6.07, 6.45) is 8.59. The molecule has 0 saturated heterocycles. The summed E-state index contributed by atoms with van der Waals surface area (Å²) in [7, 11) is 0. The molecular formula is C19H33NO2. The first-order valence-electron chi connectivity index (χ1n) is 9.54. The van der Waals surface area contributed by atoms with Crippen molar-refractivity contribution in [3.63, 3.8) is 0 Å². The van der Waals surface area contributed by atoms with Gasteiger partial charge in [-0.25, -0.2) is 0 Å². The number of rotatable bonds is 8. The summed E-state index contributed by atoms with van der Waals surface area (Å²) in [4.78, 5) is 12.0. The predicted molar refractivity (Wildman–Crippen MR) is 88.5 cm³/mol. The predicted octanol–water partition coefficient (Wildman–Crippen LogP) is 3.16. The molecule has 4 bridgehead atoms. The van der Waals surface area contributed by atoms with Crippen LogP contribution in [0.25, 0.3) is 0 Å². The molecule has 0 amide bonds. The Morgan fingerprint density at radius 2 is 1.64 bits per heavy atom. The van der Waals surface area contributed by atoms with Crippen LogP contribution >= 0.6 is 0 Å². The summed E-state index contributed by atoms with van der Waals surface area (Å²) in [6.45, 7) is 4.98. The van der Waals surface area contributed by atoms with Crippen LogP contribution in [0.4, 0.5) is 0 Å². The highest BCUT2D eigenvalue weighted by molar-refractivity contribution is 5.82. The zero-order chi connectivity index (χ0) is 15.7. The summed E-state index contributed by atoms with van der Waals surface area (Å²) in [5.41, 5.74) is 0. The monoisotopic (exact) mass is 307 g/mol.